The molecule has 0 aliphatic carbocycles. The van der Waals surface area contributed by atoms with Crippen molar-refractivity contribution in [3.05, 3.63) is 60.2 Å². The fraction of sp³-hybridized carbons (Fsp3) is 0.294. The lowest BCUT2D eigenvalue weighted by Gasteiger charge is -2.30. The Morgan fingerprint density at radius 3 is 1.91 bits per heavy atom. The Morgan fingerprint density at radius 1 is 0.864 bits per heavy atom. The minimum absolute atomic E-state index is 0.163. The van der Waals surface area contributed by atoms with Gasteiger partial charge in [0.05, 0.1) is 17.1 Å². The summed E-state index contributed by atoms with van der Waals surface area (Å²) >= 11 is 0. The Morgan fingerprint density at radius 2 is 1.41 bits per heavy atom. The number of rotatable bonds is 3. The van der Waals surface area contributed by atoms with Gasteiger partial charge in [0.2, 0.25) is 0 Å². The van der Waals surface area contributed by atoms with Gasteiger partial charge in [0.15, 0.2) is 0 Å². The highest BCUT2D eigenvalue weighted by molar-refractivity contribution is 6.11. The van der Waals surface area contributed by atoms with E-state index in [0.29, 0.717) is 11.4 Å². The Balaban J connectivity index is 2.06. The van der Waals surface area contributed by atoms with Crippen LogP contribution in [0.5, 0.6) is 0 Å². The van der Waals surface area contributed by atoms with Gasteiger partial charge < -0.3 is 5.11 Å². The summed E-state index contributed by atoms with van der Waals surface area (Å²) in [5.41, 5.74) is 2.65. The standard InChI is InChI=1S/C17H18N4O/c1-11(2)14-15(12-7-3-5-9-18-12)20-21-16(17(14)22)13-8-4-6-10-19-13/h3-11,14,17,22H,1-2H3. The normalized spacial score (nSPS) is 21.5. The summed E-state index contributed by atoms with van der Waals surface area (Å²) in [7, 11) is 0. The van der Waals surface area contributed by atoms with E-state index in [1.54, 1.807) is 12.4 Å². The second-order valence-electron chi connectivity index (χ2n) is 5.62. The van der Waals surface area contributed by atoms with E-state index in [-0.39, 0.29) is 11.8 Å². The van der Waals surface area contributed by atoms with Gasteiger partial charge in [0.25, 0.3) is 0 Å². The third-order valence-corrected chi connectivity index (χ3v) is 3.77. The molecule has 2 atom stereocenters. The number of aliphatic hydroxyl groups is 1. The molecule has 1 aliphatic heterocycles. The van der Waals surface area contributed by atoms with Gasteiger partial charge in [0, 0.05) is 18.3 Å². The van der Waals surface area contributed by atoms with Gasteiger partial charge in [-0.1, -0.05) is 26.0 Å². The van der Waals surface area contributed by atoms with Crippen LogP contribution in [0.25, 0.3) is 0 Å². The fourth-order valence-electron chi connectivity index (χ4n) is 2.69. The lowest BCUT2D eigenvalue weighted by Crippen LogP contribution is -2.42. The van der Waals surface area contributed by atoms with Gasteiger partial charge in [-0.15, -0.1) is 0 Å². The van der Waals surface area contributed by atoms with E-state index in [4.69, 9.17) is 0 Å². The molecule has 5 nitrogen and oxygen atoms in total. The highest BCUT2D eigenvalue weighted by Crippen LogP contribution is 2.27. The van der Waals surface area contributed by atoms with Crippen LogP contribution in [0.3, 0.4) is 0 Å². The van der Waals surface area contributed by atoms with Gasteiger partial charge in [-0.25, -0.2) is 0 Å². The molecule has 0 radical (unpaired) electrons. The predicted molar refractivity (Wildman–Crippen MR) is 85.9 cm³/mol. The lowest BCUT2D eigenvalue weighted by atomic mass is 9.81. The molecule has 2 aromatic heterocycles. The molecule has 2 aromatic rings. The highest BCUT2D eigenvalue weighted by atomic mass is 16.3. The van der Waals surface area contributed by atoms with Gasteiger partial charge in [0.1, 0.15) is 11.8 Å². The predicted octanol–water partition coefficient (Wildman–Crippen LogP) is 2.32. The molecule has 0 spiro atoms. The fourth-order valence-corrected chi connectivity index (χ4v) is 2.69. The van der Waals surface area contributed by atoms with Crippen LogP contribution in [0, 0.1) is 11.8 Å². The molecule has 1 N–H and O–H groups in total. The van der Waals surface area contributed by atoms with Crippen LogP contribution >= 0.6 is 0 Å². The summed E-state index contributed by atoms with van der Waals surface area (Å²) in [6.07, 6.45) is 2.66. The van der Waals surface area contributed by atoms with Crippen molar-refractivity contribution < 1.29 is 5.11 Å². The van der Waals surface area contributed by atoms with Crippen LogP contribution in [0.4, 0.5) is 0 Å². The maximum absolute atomic E-state index is 10.8. The molecule has 0 saturated carbocycles. The molecule has 0 amide bonds. The van der Waals surface area contributed by atoms with E-state index in [0.717, 1.165) is 11.4 Å². The second-order valence-corrected chi connectivity index (χ2v) is 5.62. The summed E-state index contributed by atoms with van der Waals surface area (Å²) < 4.78 is 0. The summed E-state index contributed by atoms with van der Waals surface area (Å²) in [6.45, 7) is 4.13. The monoisotopic (exact) mass is 294 g/mol. The van der Waals surface area contributed by atoms with Crippen LogP contribution in [-0.2, 0) is 0 Å². The van der Waals surface area contributed by atoms with Gasteiger partial charge in [-0.3, -0.25) is 9.97 Å². The van der Waals surface area contributed by atoms with Crippen LogP contribution in [0.1, 0.15) is 25.2 Å². The average Bonchev–Trinajstić information content (AvgIpc) is 2.55. The van der Waals surface area contributed by atoms with E-state index < -0.39 is 6.10 Å². The zero-order valence-corrected chi connectivity index (χ0v) is 12.6. The maximum Gasteiger partial charge on any atom is 0.118 e. The van der Waals surface area contributed by atoms with E-state index in [1.165, 1.54) is 0 Å². The average molecular weight is 294 g/mol. The maximum atomic E-state index is 10.8. The van der Waals surface area contributed by atoms with Crippen molar-refractivity contribution in [3.63, 3.8) is 0 Å². The van der Waals surface area contributed by atoms with E-state index in [9.17, 15) is 5.11 Å². The zero-order valence-electron chi connectivity index (χ0n) is 12.6. The summed E-state index contributed by atoms with van der Waals surface area (Å²) in [6, 6.07) is 11.2. The minimum atomic E-state index is -0.746. The SMILES string of the molecule is CC(C)C1C(c2ccccn2)=NN=C(c2ccccn2)C1O. The van der Waals surface area contributed by atoms with Crippen molar-refractivity contribution in [2.75, 3.05) is 0 Å². The number of hydrogen-bond donors (Lipinski definition) is 1. The van der Waals surface area contributed by atoms with Crippen molar-refractivity contribution in [3.8, 4) is 0 Å². The zero-order chi connectivity index (χ0) is 15.5. The quantitative estimate of drug-likeness (QED) is 0.944. The van der Waals surface area contributed by atoms with E-state index in [1.807, 2.05) is 36.4 Å². The first kappa shape index (κ1) is 14.5. The van der Waals surface area contributed by atoms with Crippen molar-refractivity contribution >= 4 is 11.4 Å². The van der Waals surface area contributed by atoms with Crippen molar-refractivity contribution in [2.24, 2.45) is 22.0 Å². The molecule has 5 heteroatoms. The van der Waals surface area contributed by atoms with Crippen molar-refractivity contribution in [1.29, 1.82) is 0 Å². The Labute approximate surface area is 129 Å². The molecule has 0 bridgehead atoms. The topological polar surface area (TPSA) is 70.7 Å². The number of pyridine rings is 2. The van der Waals surface area contributed by atoms with E-state index >= 15 is 0 Å². The first-order valence-electron chi connectivity index (χ1n) is 7.35. The molecule has 1 aliphatic rings. The molecule has 0 fully saturated rings. The first-order valence-corrected chi connectivity index (χ1v) is 7.35. The minimum Gasteiger partial charge on any atom is -0.386 e. The molecular weight excluding hydrogens is 276 g/mol. The first-order chi connectivity index (χ1) is 10.7. The van der Waals surface area contributed by atoms with Gasteiger partial charge in [-0.2, -0.15) is 10.2 Å². The third-order valence-electron chi connectivity index (χ3n) is 3.77. The van der Waals surface area contributed by atoms with Crippen LogP contribution < -0.4 is 0 Å². The molecule has 0 aromatic carbocycles. The molecule has 3 rings (SSSR count). The Hall–Kier alpha value is -2.40. The molecular formula is C17H18N4O. The third kappa shape index (κ3) is 2.67. The Kier molecular flexibility index (Phi) is 4.06. The number of hydrogen-bond acceptors (Lipinski definition) is 5. The summed E-state index contributed by atoms with van der Waals surface area (Å²) in [5, 5.41) is 19.4. The van der Waals surface area contributed by atoms with Gasteiger partial charge >= 0.3 is 0 Å². The molecule has 3 heterocycles. The molecule has 0 saturated heterocycles. The largest absolute Gasteiger partial charge is 0.386 e. The van der Waals surface area contributed by atoms with Crippen LogP contribution in [-0.4, -0.2) is 32.6 Å². The van der Waals surface area contributed by atoms with E-state index in [2.05, 4.69) is 34.0 Å². The summed E-state index contributed by atoms with van der Waals surface area (Å²) in [5.74, 6) is 0.0365. The Bertz CT molecular complexity index is 695. The number of aliphatic hydroxyl groups excluding tert-OH is 1. The second kappa shape index (κ2) is 6.15. The smallest absolute Gasteiger partial charge is 0.118 e. The lowest BCUT2D eigenvalue weighted by molar-refractivity contribution is 0.176. The van der Waals surface area contributed by atoms with Gasteiger partial charge in [-0.05, 0) is 30.2 Å². The highest BCUT2D eigenvalue weighted by Gasteiger charge is 2.36. The van der Waals surface area contributed by atoms with Crippen molar-refractivity contribution in [1.82, 2.24) is 9.97 Å². The summed E-state index contributed by atoms with van der Waals surface area (Å²) in [4.78, 5) is 8.61. The van der Waals surface area contributed by atoms with Crippen molar-refractivity contribution in [2.45, 2.75) is 20.0 Å². The van der Waals surface area contributed by atoms with Crippen LogP contribution in [0.15, 0.2) is 59.0 Å². The molecule has 22 heavy (non-hydrogen) atoms. The van der Waals surface area contributed by atoms with Crippen LogP contribution in [0.2, 0.25) is 0 Å². The number of nitrogens with zero attached hydrogens (tertiary/aromatic N) is 4. The molecule has 2 unspecified atom stereocenters. The molecule has 112 valence electrons. The number of aromatic nitrogens is 2.